The van der Waals surface area contributed by atoms with E-state index < -0.39 is 5.97 Å². The van der Waals surface area contributed by atoms with Gasteiger partial charge in [-0.15, -0.1) is 0 Å². The number of anilines is 1. The standard InChI is InChI=1S/C21H23ClN2O3/c1-27-21(26)16-6-10-19(11-7-16)23-20(25)17-3-2-12-24(14-17)13-15-4-8-18(22)9-5-15/h4-11,17H,2-3,12-14H2,1H3,(H,23,25). The van der Waals surface area contributed by atoms with Gasteiger partial charge < -0.3 is 10.1 Å². The van der Waals surface area contributed by atoms with Crippen LogP contribution in [0, 0.1) is 5.92 Å². The molecule has 2 aromatic carbocycles. The van der Waals surface area contributed by atoms with Crippen LogP contribution in [0.2, 0.25) is 5.02 Å². The quantitative estimate of drug-likeness (QED) is 0.790. The Labute approximate surface area is 164 Å². The molecular formula is C21H23ClN2O3. The van der Waals surface area contributed by atoms with E-state index >= 15 is 0 Å². The van der Waals surface area contributed by atoms with Crippen molar-refractivity contribution < 1.29 is 14.3 Å². The molecule has 1 N–H and O–H groups in total. The van der Waals surface area contributed by atoms with Crippen LogP contribution in [-0.2, 0) is 16.1 Å². The third kappa shape index (κ3) is 5.31. The molecule has 0 saturated carbocycles. The molecule has 1 amide bonds. The third-order valence-electron chi connectivity index (χ3n) is 4.77. The number of carbonyl (C=O) groups excluding carboxylic acids is 2. The molecule has 1 aliphatic rings. The van der Waals surface area contributed by atoms with Gasteiger partial charge in [-0.1, -0.05) is 23.7 Å². The van der Waals surface area contributed by atoms with Gasteiger partial charge in [0.1, 0.15) is 0 Å². The Balaban J connectivity index is 1.56. The second kappa shape index (κ2) is 9.02. The lowest BCUT2D eigenvalue weighted by atomic mass is 9.96. The van der Waals surface area contributed by atoms with Gasteiger partial charge in [0, 0.05) is 23.8 Å². The molecule has 6 heteroatoms. The number of hydrogen-bond acceptors (Lipinski definition) is 4. The van der Waals surface area contributed by atoms with Crippen LogP contribution in [0.3, 0.4) is 0 Å². The molecule has 27 heavy (non-hydrogen) atoms. The zero-order chi connectivity index (χ0) is 19.2. The minimum absolute atomic E-state index is 0.0154. The predicted molar refractivity (Wildman–Crippen MR) is 106 cm³/mol. The van der Waals surface area contributed by atoms with Crippen molar-refractivity contribution in [2.24, 2.45) is 5.92 Å². The lowest BCUT2D eigenvalue weighted by Crippen LogP contribution is -2.40. The van der Waals surface area contributed by atoms with Gasteiger partial charge in [0.25, 0.3) is 0 Å². The first-order valence-electron chi connectivity index (χ1n) is 9.01. The highest BCUT2D eigenvalue weighted by molar-refractivity contribution is 6.30. The van der Waals surface area contributed by atoms with Crippen LogP contribution in [0.5, 0.6) is 0 Å². The minimum atomic E-state index is -0.391. The summed E-state index contributed by atoms with van der Waals surface area (Å²) in [5.74, 6) is -0.425. The van der Waals surface area contributed by atoms with E-state index in [1.165, 1.54) is 12.7 Å². The Hall–Kier alpha value is -2.37. The molecule has 1 aliphatic heterocycles. The van der Waals surface area contributed by atoms with E-state index in [2.05, 4.69) is 15.0 Å². The number of piperidine rings is 1. The number of likely N-dealkylation sites (tertiary alicyclic amines) is 1. The maximum Gasteiger partial charge on any atom is 0.337 e. The lowest BCUT2D eigenvalue weighted by molar-refractivity contribution is -0.121. The predicted octanol–water partition coefficient (Wildman–Crippen LogP) is 3.98. The number of halogens is 1. The summed E-state index contributed by atoms with van der Waals surface area (Å²) in [4.78, 5) is 26.4. The summed E-state index contributed by atoms with van der Waals surface area (Å²) in [7, 11) is 1.34. The number of nitrogens with one attached hydrogen (secondary N) is 1. The summed E-state index contributed by atoms with van der Waals surface area (Å²) in [6.45, 7) is 2.53. The van der Waals surface area contributed by atoms with E-state index in [1.54, 1.807) is 24.3 Å². The molecule has 1 fully saturated rings. The summed E-state index contributed by atoms with van der Waals surface area (Å²) in [6, 6.07) is 14.6. The molecule has 2 aromatic rings. The van der Waals surface area contributed by atoms with E-state index in [1.807, 2.05) is 24.3 Å². The Morgan fingerprint density at radius 2 is 1.85 bits per heavy atom. The smallest absolute Gasteiger partial charge is 0.337 e. The molecule has 0 aliphatic carbocycles. The zero-order valence-corrected chi connectivity index (χ0v) is 16.0. The molecule has 0 spiro atoms. The normalized spacial score (nSPS) is 17.3. The fourth-order valence-corrected chi connectivity index (χ4v) is 3.44. The average Bonchev–Trinajstić information content (AvgIpc) is 2.70. The van der Waals surface area contributed by atoms with Crippen LogP contribution >= 0.6 is 11.6 Å². The molecule has 1 saturated heterocycles. The molecule has 0 bridgehead atoms. The third-order valence-corrected chi connectivity index (χ3v) is 5.02. The second-order valence-corrected chi connectivity index (χ2v) is 7.20. The van der Waals surface area contributed by atoms with E-state index in [-0.39, 0.29) is 11.8 Å². The topological polar surface area (TPSA) is 58.6 Å². The summed E-state index contributed by atoms with van der Waals surface area (Å²) in [5.41, 5.74) is 2.34. The van der Waals surface area contributed by atoms with E-state index in [4.69, 9.17) is 11.6 Å². The van der Waals surface area contributed by atoms with Crippen LogP contribution in [0.4, 0.5) is 5.69 Å². The number of nitrogens with zero attached hydrogens (tertiary/aromatic N) is 1. The van der Waals surface area contributed by atoms with Crippen LogP contribution in [0.15, 0.2) is 48.5 Å². The summed E-state index contributed by atoms with van der Waals surface area (Å²) >= 11 is 5.94. The first kappa shape index (κ1) is 19.4. The van der Waals surface area contributed by atoms with Gasteiger partial charge in [0.2, 0.25) is 5.91 Å². The molecule has 0 radical (unpaired) electrons. The fourth-order valence-electron chi connectivity index (χ4n) is 3.31. The van der Waals surface area contributed by atoms with Crippen molar-refractivity contribution in [3.8, 4) is 0 Å². The van der Waals surface area contributed by atoms with Crippen molar-refractivity contribution in [1.82, 2.24) is 4.90 Å². The Morgan fingerprint density at radius 3 is 2.52 bits per heavy atom. The van der Waals surface area contributed by atoms with E-state index in [0.717, 1.165) is 37.5 Å². The summed E-state index contributed by atoms with van der Waals surface area (Å²) in [6.07, 6.45) is 1.87. The highest BCUT2D eigenvalue weighted by Gasteiger charge is 2.26. The van der Waals surface area contributed by atoms with Gasteiger partial charge in [0.05, 0.1) is 18.6 Å². The van der Waals surface area contributed by atoms with Crippen molar-refractivity contribution in [2.45, 2.75) is 19.4 Å². The van der Waals surface area contributed by atoms with Crippen LogP contribution in [0.1, 0.15) is 28.8 Å². The number of benzene rings is 2. The number of ether oxygens (including phenoxy) is 1. The highest BCUT2D eigenvalue weighted by atomic mass is 35.5. The number of methoxy groups -OCH3 is 1. The molecule has 0 aromatic heterocycles. The maximum atomic E-state index is 12.6. The van der Waals surface area contributed by atoms with Gasteiger partial charge in [0.15, 0.2) is 0 Å². The Bertz CT molecular complexity index is 790. The molecule has 3 rings (SSSR count). The van der Waals surface area contributed by atoms with Gasteiger partial charge >= 0.3 is 5.97 Å². The van der Waals surface area contributed by atoms with Gasteiger partial charge in [-0.05, 0) is 61.3 Å². The van der Waals surface area contributed by atoms with Crippen LogP contribution < -0.4 is 5.32 Å². The molecular weight excluding hydrogens is 364 g/mol. The Kier molecular flexibility index (Phi) is 6.48. The fraction of sp³-hybridized carbons (Fsp3) is 0.333. The second-order valence-electron chi connectivity index (χ2n) is 6.76. The van der Waals surface area contributed by atoms with Gasteiger partial charge in [-0.2, -0.15) is 0 Å². The summed E-state index contributed by atoms with van der Waals surface area (Å²) in [5, 5.41) is 3.68. The van der Waals surface area contributed by atoms with Crippen LogP contribution in [-0.4, -0.2) is 37.0 Å². The molecule has 1 unspecified atom stereocenters. The zero-order valence-electron chi connectivity index (χ0n) is 15.3. The molecule has 142 valence electrons. The van der Waals surface area contributed by atoms with Crippen LogP contribution in [0.25, 0.3) is 0 Å². The Morgan fingerprint density at radius 1 is 1.15 bits per heavy atom. The minimum Gasteiger partial charge on any atom is -0.465 e. The number of rotatable bonds is 5. The monoisotopic (exact) mass is 386 g/mol. The van der Waals surface area contributed by atoms with Crippen molar-refractivity contribution in [3.05, 3.63) is 64.7 Å². The van der Waals surface area contributed by atoms with Crippen molar-refractivity contribution >= 4 is 29.2 Å². The van der Waals surface area contributed by atoms with Gasteiger partial charge in [-0.25, -0.2) is 4.79 Å². The molecule has 5 nitrogen and oxygen atoms in total. The SMILES string of the molecule is COC(=O)c1ccc(NC(=O)C2CCCN(Cc3ccc(Cl)cc3)C2)cc1. The van der Waals surface area contributed by atoms with Gasteiger partial charge in [-0.3, -0.25) is 9.69 Å². The molecule has 1 atom stereocenters. The highest BCUT2D eigenvalue weighted by Crippen LogP contribution is 2.21. The van der Waals surface area contributed by atoms with E-state index in [9.17, 15) is 9.59 Å². The number of esters is 1. The summed E-state index contributed by atoms with van der Waals surface area (Å²) < 4.78 is 4.68. The first-order chi connectivity index (χ1) is 13.0. The lowest BCUT2D eigenvalue weighted by Gasteiger charge is -2.32. The maximum absolute atomic E-state index is 12.6. The first-order valence-corrected chi connectivity index (χ1v) is 9.39. The average molecular weight is 387 g/mol. The number of carbonyl (C=O) groups is 2. The number of amides is 1. The van der Waals surface area contributed by atoms with E-state index in [0.29, 0.717) is 11.3 Å². The van der Waals surface area contributed by atoms with Crippen molar-refractivity contribution in [3.63, 3.8) is 0 Å². The van der Waals surface area contributed by atoms with Crippen molar-refractivity contribution in [1.29, 1.82) is 0 Å². The van der Waals surface area contributed by atoms with Crippen molar-refractivity contribution in [2.75, 3.05) is 25.5 Å². The number of hydrogen-bond donors (Lipinski definition) is 1. The molecule has 1 heterocycles. The largest absolute Gasteiger partial charge is 0.465 e.